The third-order valence-corrected chi connectivity index (χ3v) is 5.79. The van der Waals surface area contributed by atoms with Crippen molar-refractivity contribution in [2.24, 2.45) is 0 Å². The van der Waals surface area contributed by atoms with Crippen LogP contribution in [0.1, 0.15) is 50.7 Å². The smallest absolute Gasteiger partial charge is 0.260 e. The number of nitrogens with one attached hydrogen (secondary N) is 2. The highest BCUT2D eigenvalue weighted by molar-refractivity contribution is 6.31. The largest absolute Gasteiger partial charge is 0.481 e. The van der Waals surface area contributed by atoms with Gasteiger partial charge >= 0.3 is 0 Å². The summed E-state index contributed by atoms with van der Waals surface area (Å²) < 4.78 is 11.5. The van der Waals surface area contributed by atoms with Crippen LogP contribution in [-0.4, -0.2) is 37.1 Å². The summed E-state index contributed by atoms with van der Waals surface area (Å²) >= 11 is 11.9. The summed E-state index contributed by atoms with van der Waals surface area (Å²) in [5.74, 6) is 1.01. The number of rotatable bonds is 13. The van der Waals surface area contributed by atoms with E-state index in [-0.39, 0.29) is 11.8 Å². The highest BCUT2D eigenvalue weighted by atomic mass is 35.5. The van der Waals surface area contributed by atoms with E-state index in [4.69, 9.17) is 32.7 Å². The Morgan fingerprint density at radius 3 is 1.47 bits per heavy atom. The van der Waals surface area contributed by atoms with E-state index in [1.165, 1.54) is 0 Å². The summed E-state index contributed by atoms with van der Waals surface area (Å²) in [7, 11) is 0. The number of halogens is 2. The van der Waals surface area contributed by atoms with Crippen molar-refractivity contribution in [3.63, 3.8) is 0 Å². The van der Waals surface area contributed by atoms with Crippen LogP contribution in [0.4, 0.5) is 0 Å². The van der Waals surface area contributed by atoms with Crippen molar-refractivity contribution < 1.29 is 19.1 Å². The van der Waals surface area contributed by atoms with Gasteiger partial charge in [0.1, 0.15) is 11.5 Å². The minimum absolute atomic E-state index is 0.147. The van der Waals surface area contributed by atoms with Crippen molar-refractivity contribution >= 4 is 35.0 Å². The molecule has 0 aliphatic heterocycles. The van der Waals surface area contributed by atoms with Gasteiger partial charge < -0.3 is 20.1 Å². The van der Waals surface area contributed by atoms with Gasteiger partial charge in [0.25, 0.3) is 11.8 Å². The summed E-state index contributed by atoms with van der Waals surface area (Å²) in [6.07, 6.45) is 2.46. The molecule has 0 aliphatic carbocycles. The third kappa shape index (κ3) is 9.43. The van der Waals surface area contributed by atoms with Crippen LogP contribution in [-0.2, 0) is 9.59 Å². The molecule has 2 aromatic carbocycles. The van der Waals surface area contributed by atoms with Crippen molar-refractivity contribution in [3.05, 3.63) is 57.6 Å². The molecular formula is C26H34Cl2N2O4. The Hall–Kier alpha value is -2.44. The summed E-state index contributed by atoms with van der Waals surface area (Å²) in [6.45, 7) is 8.41. The summed E-state index contributed by atoms with van der Waals surface area (Å²) in [4.78, 5) is 24.5. The number of aryl methyl sites for hydroxylation is 2. The fourth-order valence-electron chi connectivity index (χ4n) is 3.29. The van der Waals surface area contributed by atoms with Gasteiger partial charge in [-0.15, -0.1) is 0 Å². The Morgan fingerprint density at radius 1 is 0.735 bits per heavy atom. The van der Waals surface area contributed by atoms with E-state index in [1.807, 2.05) is 13.8 Å². The zero-order valence-electron chi connectivity index (χ0n) is 20.3. The van der Waals surface area contributed by atoms with Crippen molar-refractivity contribution in [1.29, 1.82) is 0 Å². The maximum atomic E-state index is 12.2. The monoisotopic (exact) mass is 508 g/mol. The van der Waals surface area contributed by atoms with Crippen LogP contribution in [0, 0.1) is 13.8 Å². The molecule has 2 atom stereocenters. The van der Waals surface area contributed by atoms with E-state index >= 15 is 0 Å². The average molecular weight is 509 g/mol. The number of benzene rings is 2. The van der Waals surface area contributed by atoms with Crippen LogP contribution in [0.25, 0.3) is 0 Å². The maximum absolute atomic E-state index is 12.2. The predicted octanol–water partition coefficient (Wildman–Crippen LogP) is 5.64. The lowest BCUT2D eigenvalue weighted by Gasteiger charge is -2.17. The lowest BCUT2D eigenvalue weighted by atomic mass is 10.2. The van der Waals surface area contributed by atoms with Crippen molar-refractivity contribution in [2.75, 3.05) is 13.1 Å². The molecule has 2 amide bonds. The molecule has 2 aromatic rings. The molecule has 0 aromatic heterocycles. The van der Waals surface area contributed by atoms with Crippen molar-refractivity contribution in [2.45, 2.75) is 65.6 Å². The van der Waals surface area contributed by atoms with E-state index < -0.39 is 12.2 Å². The Balaban J connectivity index is 1.54. The zero-order chi connectivity index (χ0) is 25.1. The van der Waals surface area contributed by atoms with Crippen LogP contribution in [0.5, 0.6) is 11.5 Å². The Bertz CT molecular complexity index is 890. The molecule has 2 rings (SSSR count). The number of carbonyl (C=O) groups is 2. The molecular weight excluding hydrogens is 475 g/mol. The topological polar surface area (TPSA) is 76.7 Å². The van der Waals surface area contributed by atoms with E-state index in [0.717, 1.165) is 36.8 Å². The van der Waals surface area contributed by atoms with Gasteiger partial charge in [-0.1, -0.05) is 36.0 Å². The predicted molar refractivity (Wildman–Crippen MR) is 137 cm³/mol. The molecule has 0 saturated carbocycles. The molecule has 0 bridgehead atoms. The molecule has 0 unspecified atom stereocenters. The van der Waals surface area contributed by atoms with Crippen LogP contribution in [0.15, 0.2) is 36.4 Å². The lowest BCUT2D eigenvalue weighted by Crippen LogP contribution is -2.37. The number of ether oxygens (including phenoxy) is 2. The number of amides is 2. The number of hydrogen-bond acceptors (Lipinski definition) is 4. The van der Waals surface area contributed by atoms with E-state index in [2.05, 4.69) is 10.6 Å². The molecule has 2 N–H and O–H groups in total. The van der Waals surface area contributed by atoms with Gasteiger partial charge in [0.15, 0.2) is 12.2 Å². The second kappa shape index (κ2) is 14.1. The van der Waals surface area contributed by atoms with Crippen LogP contribution < -0.4 is 20.1 Å². The fraction of sp³-hybridized carbons (Fsp3) is 0.462. The van der Waals surface area contributed by atoms with Crippen molar-refractivity contribution in [1.82, 2.24) is 10.6 Å². The zero-order valence-corrected chi connectivity index (χ0v) is 21.8. The molecule has 0 radical (unpaired) electrons. The molecule has 0 aliphatic rings. The first-order chi connectivity index (χ1) is 16.2. The van der Waals surface area contributed by atoms with Gasteiger partial charge in [0.2, 0.25) is 0 Å². The Labute approximate surface area is 212 Å². The summed E-state index contributed by atoms with van der Waals surface area (Å²) in [5.41, 5.74) is 1.78. The van der Waals surface area contributed by atoms with Gasteiger partial charge in [-0.25, -0.2) is 0 Å². The second-order valence-electron chi connectivity index (χ2n) is 8.34. The van der Waals surface area contributed by atoms with E-state index in [9.17, 15) is 9.59 Å². The number of carbonyl (C=O) groups excluding carboxylic acids is 2. The maximum Gasteiger partial charge on any atom is 0.260 e. The first kappa shape index (κ1) is 27.8. The van der Waals surface area contributed by atoms with Crippen LogP contribution in [0.2, 0.25) is 10.0 Å². The number of hydrogen-bond donors (Lipinski definition) is 2. The molecule has 34 heavy (non-hydrogen) atoms. The quantitative estimate of drug-likeness (QED) is 0.343. The van der Waals surface area contributed by atoms with Gasteiger partial charge in [0, 0.05) is 23.1 Å². The Kier molecular flexibility index (Phi) is 11.5. The molecule has 0 saturated heterocycles. The lowest BCUT2D eigenvalue weighted by molar-refractivity contribution is -0.128. The molecule has 8 heteroatoms. The first-order valence-electron chi connectivity index (χ1n) is 11.6. The fourth-order valence-corrected chi connectivity index (χ4v) is 3.75. The molecule has 6 nitrogen and oxygen atoms in total. The minimum Gasteiger partial charge on any atom is -0.481 e. The SMILES string of the molecule is Cc1cc(Cl)ccc1O[C@@H](C)C(=O)NCCCCCCNC(=O)[C@@H](C)Oc1ccc(Cl)cc1C. The van der Waals surface area contributed by atoms with E-state index in [0.29, 0.717) is 34.6 Å². The van der Waals surface area contributed by atoms with Gasteiger partial charge in [-0.2, -0.15) is 0 Å². The summed E-state index contributed by atoms with van der Waals surface area (Å²) in [5, 5.41) is 7.08. The van der Waals surface area contributed by atoms with Crippen LogP contribution >= 0.6 is 23.2 Å². The molecule has 186 valence electrons. The second-order valence-corrected chi connectivity index (χ2v) is 9.21. The normalized spacial score (nSPS) is 12.5. The third-order valence-electron chi connectivity index (χ3n) is 5.32. The average Bonchev–Trinajstić information content (AvgIpc) is 2.78. The van der Waals surface area contributed by atoms with Gasteiger partial charge in [-0.3, -0.25) is 9.59 Å². The first-order valence-corrected chi connectivity index (χ1v) is 12.3. The van der Waals surface area contributed by atoms with Crippen LogP contribution in [0.3, 0.4) is 0 Å². The minimum atomic E-state index is -0.587. The molecule has 0 fully saturated rings. The van der Waals surface area contributed by atoms with Gasteiger partial charge in [-0.05, 0) is 88.1 Å². The standard InChI is InChI=1S/C26H34Cl2N2O4/c1-17-15-21(27)9-11-23(17)33-19(3)25(31)29-13-7-5-6-8-14-30-26(32)20(4)34-24-12-10-22(28)16-18(24)2/h9-12,15-16,19-20H,5-8,13-14H2,1-4H3,(H,29,31)(H,30,32)/t19-,20+. The van der Waals surface area contributed by atoms with Gasteiger partial charge in [0.05, 0.1) is 0 Å². The number of unbranched alkanes of at least 4 members (excludes halogenated alkanes) is 3. The highest BCUT2D eigenvalue weighted by Gasteiger charge is 2.16. The molecule has 0 heterocycles. The van der Waals surface area contributed by atoms with Crippen molar-refractivity contribution in [3.8, 4) is 11.5 Å². The molecule has 0 spiro atoms. The highest BCUT2D eigenvalue weighted by Crippen LogP contribution is 2.23. The Morgan fingerprint density at radius 2 is 1.12 bits per heavy atom. The summed E-state index contributed by atoms with van der Waals surface area (Å²) in [6, 6.07) is 10.6. The van der Waals surface area contributed by atoms with E-state index in [1.54, 1.807) is 50.2 Å².